The summed E-state index contributed by atoms with van der Waals surface area (Å²) in [6.07, 6.45) is 2.51. The SMILES string of the molecule is CCCC(C(=O)NC=O)N(C)Cc1cc(CNC(=O)c2ccccc2)ccc1C=O. The van der Waals surface area contributed by atoms with Crippen LogP contribution in [0.4, 0.5) is 0 Å². The first kappa shape index (κ1) is 23.0. The lowest BCUT2D eigenvalue weighted by Gasteiger charge is -2.26. The molecule has 0 spiro atoms. The predicted octanol–water partition coefficient (Wildman–Crippen LogP) is 2.30. The molecule has 3 amide bonds. The van der Waals surface area contributed by atoms with Gasteiger partial charge in [-0.05, 0) is 36.7 Å². The van der Waals surface area contributed by atoms with Gasteiger partial charge in [-0.2, -0.15) is 0 Å². The molecule has 1 atom stereocenters. The molecule has 0 aliphatic heterocycles. The molecule has 0 aliphatic rings. The number of imide groups is 1. The average molecular weight is 409 g/mol. The van der Waals surface area contributed by atoms with Crippen molar-refractivity contribution in [1.29, 1.82) is 0 Å². The van der Waals surface area contributed by atoms with Crippen LogP contribution in [0.5, 0.6) is 0 Å². The molecule has 7 nitrogen and oxygen atoms in total. The number of aldehydes is 1. The average Bonchev–Trinajstić information content (AvgIpc) is 2.76. The summed E-state index contributed by atoms with van der Waals surface area (Å²) >= 11 is 0. The maximum atomic E-state index is 12.3. The number of hydrogen-bond acceptors (Lipinski definition) is 5. The molecule has 0 heterocycles. The molecule has 7 heteroatoms. The second kappa shape index (κ2) is 11.6. The van der Waals surface area contributed by atoms with Crippen molar-refractivity contribution in [1.82, 2.24) is 15.5 Å². The Morgan fingerprint density at radius 1 is 1.10 bits per heavy atom. The van der Waals surface area contributed by atoms with Crippen LogP contribution in [0.3, 0.4) is 0 Å². The number of likely N-dealkylation sites (N-methyl/N-ethyl adjacent to an activating group) is 1. The van der Waals surface area contributed by atoms with Crippen LogP contribution in [0.15, 0.2) is 48.5 Å². The molecule has 0 radical (unpaired) electrons. The number of hydrogen-bond donors (Lipinski definition) is 2. The fourth-order valence-electron chi connectivity index (χ4n) is 3.25. The Kier molecular flexibility index (Phi) is 8.90. The van der Waals surface area contributed by atoms with Crippen LogP contribution in [0.1, 0.15) is 51.6 Å². The van der Waals surface area contributed by atoms with Crippen molar-refractivity contribution < 1.29 is 19.2 Å². The van der Waals surface area contributed by atoms with Crippen LogP contribution in [-0.4, -0.2) is 42.5 Å². The van der Waals surface area contributed by atoms with Crippen LogP contribution in [0, 0.1) is 0 Å². The third-order valence-corrected chi connectivity index (χ3v) is 4.84. The molecule has 2 rings (SSSR count). The van der Waals surface area contributed by atoms with Gasteiger partial charge in [-0.3, -0.25) is 29.4 Å². The van der Waals surface area contributed by atoms with E-state index in [0.717, 1.165) is 23.8 Å². The Balaban J connectivity index is 2.12. The quantitative estimate of drug-likeness (QED) is 0.555. The molecule has 158 valence electrons. The summed E-state index contributed by atoms with van der Waals surface area (Å²) < 4.78 is 0. The zero-order chi connectivity index (χ0) is 21.9. The normalized spacial score (nSPS) is 11.6. The second-order valence-electron chi connectivity index (χ2n) is 7.05. The minimum absolute atomic E-state index is 0.178. The van der Waals surface area contributed by atoms with E-state index >= 15 is 0 Å². The van der Waals surface area contributed by atoms with Gasteiger partial charge in [-0.25, -0.2) is 0 Å². The van der Waals surface area contributed by atoms with Gasteiger partial charge in [0.2, 0.25) is 12.3 Å². The second-order valence-corrected chi connectivity index (χ2v) is 7.05. The van der Waals surface area contributed by atoms with Crippen LogP contribution >= 0.6 is 0 Å². The van der Waals surface area contributed by atoms with Crippen LogP contribution in [-0.2, 0) is 22.7 Å². The van der Waals surface area contributed by atoms with Crippen molar-refractivity contribution in [2.24, 2.45) is 0 Å². The lowest BCUT2D eigenvalue weighted by atomic mass is 10.0. The van der Waals surface area contributed by atoms with E-state index in [1.807, 2.05) is 24.0 Å². The van der Waals surface area contributed by atoms with Gasteiger partial charge in [-0.1, -0.05) is 49.7 Å². The van der Waals surface area contributed by atoms with E-state index in [2.05, 4.69) is 10.6 Å². The number of rotatable bonds is 11. The molecule has 0 aromatic heterocycles. The monoisotopic (exact) mass is 409 g/mol. The maximum Gasteiger partial charge on any atom is 0.251 e. The van der Waals surface area contributed by atoms with Crippen LogP contribution < -0.4 is 10.6 Å². The predicted molar refractivity (Wildman–Crippen MR) is 114 cm³/mol. The highest BCUT2D eigenvalue weighted by Gasteiger charge is 2.23. The standard InChI is InChI=1S/C23H27N3O4/c1-3-7-21(23(30)25-16-28)26(2)14-20-12-17(10-11-19(20)15-27)13-24-22(29)18-8-5-4-6-9-18/h4-6,8-12,15-16,21H,3,7,13-14H2,1-2H3,(H,24,29)(H,25,28,30). The Labute approximate surface area is 176 Å². The molecule has 0 aliphatic carbocycles. The summed E-state index contributed by atoms with van der Waals surface area (Å²) in [5.41, 5.74) is 2.69. The van der Waals surface area contributed by atoms with E-state index < -0.39 is 6.04 Å². The summed E-state index contributed by atoms with van der Waals surface area (Å²) in [4.78, 5) is 48.4. The van der Waals surface area contributed by atoms with E-state index in [0.29, 0.717) is 37.0 Å². The first-order valence-corrected chi connectivity index (χ1v) is 9.84. The lowest BCUT2D eigenvalue weighted by molar-refractivity contribution is -0.129. The van der Waals surface area contributed by atoms with Gasteiger partial charge < -0.3 is 5.32 Å². The highest BCUT2D eigenvalue weighted by atomic mass is 16.2. The first-order chi connectivity index (χ1) is 14.5. The third-order valence-electron chi connectivity index (χ3n) is 4.84. The maximum absolute atomic E-state index is 12.3. The number of nitrogens with one attached hydrogen (secondary N) is 2. The van der Waals surface area contributed by atoms with Gasteiger partial charge >= 0.3 is 0 Å². The van der Waals surface area contributed by atoms with Gasteiger partial charge in [-0.15, -0.1) is 0 Å². The lowest BCUT2D eigenvalue weighted by Crippen LogP contribution is -2.44. The van der Waals surface area contributed by atoms with Gasteiger partial charge in [0, 0.05) is 24.2 Å². The molecule has 2 aromatic carbocycles. The van der Waals surface area contributed by atoms with Crippen molar-refractivity contribution in [3.05, 3.63) is 70.8 Å². The van der Waals surface area contributed by atoms with Crippen molar-refractivity contribution >= 4 is 24.5 Å². The zero-order valence-corrected chi connectivity index (χ0v) is 17.3. The molecule has 2 N–H and O–H groups in total. The Morgan fingerprint density at radius 2 is 1.83 bits per heavy atom. The number of amides is 3. The van der Waals surface area contributed by atoms with Gasteiger partial charge in [0.25, 0.3) is 5.91 Å². The Morgan fingerprint density at radius 3 is 2.47 bits per heavy atom. The fraction of sp³-hybridized carbons (Fsp3) is 0.304. The topological polar surface area (TPSA) is 95.6 Å². The van der Waals surface area contributed by atoms with E-state index in [1.165, 1.54) is 0 Å². The highest BCUT2D eigenvalue weighted by Crippen LogP contribution is 2.16. The molecule has 2 aromatic rings. The van der Waals surface area contributed by atoms with Gasteiger partial charge in [0.1, 0.15) is 6.29 Å². The largest absolute Gasteiger partial charge is 0.348 e. The molecule has 0 saturated carbocycles. The number of nitrogens with zero attached hydrogens (tertiary/aromatic N) is 1. The van der Waals surface area contributed by atoms with Crippen LogP contribution in [0.25, 0.3) is 0 Å². The summed E-state index contributed by atoms with van der Waals surface area (Å²) in [5, 5.41) is 5.07. The minimum atomic E-state index is -0.485. The van der Waals surface area contributed by atoms with Crippen molar-refractivity contribution in [3.63, 3.8) is 0 Å². The molecule has 0 bridgehead atoms. The van der Waals surface area contributed by atoms with Crippen molar-refractivity contribution in [2.75, 3.05) is 7.05 Å². The highest BCUT2D eigenvalue weighted by molar-refractivity contribution is 5.94. The fourth-order valence-corrected chi connectivity index (χ4v) is 3.25. The van der Waals surface area contributed by atoms with Crippen LogP contribution in [0.2, 0.25) is 0 Å². The molecule has 0 saturated heterocycles. The van der Waals surface area contributed by atoms with E-state index in [9.17, 15) is 19.2 Å². The minimum Gasteiger partial charge on any atom is -0.348 e. The molecule has 30 heavy (non-hydrogen) atoms. The van der Waals surface area contributed by atoms with Crippen molar-refractivity contribution in [3.8, 4) is 0 Å². The van der Waals surface area contributed by atoms with E-state index in [-0.39, 0.29) is 11.8 Å². The van der Waals surface area contributed by atoms with E-state index in [4.69, 9.17) is 0 Å². The molecule has 0 fully saturated rings. The summed E-state index contributed by atoms with van der Waals surface area (Å²) in [5.74, 6) is -0.546. The zero-order valence-electron chi connectivity index (χ0n) is 17.3. The summed E-state index contributed by atoms with van der Waals surface area (Å²) in [6, 6.07) is 13.8. The Hall–Kier alpha value is -3.32. The summed E-state index contributed by atoms with van der Waals surface area (Å²) in [7, 11) is 1.78. The smallest absolute Gasteiger partial charge is 0.251 e. The number of carbonyl (C=O) groups is 4. The molecular weight excluding hydrogens is 382 g/mol. The Bertz CT molecular complexity index is 883. The van der Waals surface area contributed by atoms with Crippen molar-refractivity contribution in [2.45, 2.75) is 38.9 Å². The number of benzene rings is 2. The number of carbonyl (C=O) groups excluding carboxylic acids is 4. The third kappa shape index (κ3) is 6.35. The van der Waals surface area contributed by atoms with Gasteiger partial charge in [0.15, 0.2) is 0 Å². The summed E-state index contributed by atoms with van der Waals surface area (Å²) in [6.45, 7) is 2.63. The molecule has 1 unspecified atom stereocenters. The van der Waals surface area contributed by atoms with Gasteiger partial charge in [0.05, 0.1) is 6.04 Å². The van der Waals surface area contributed by atoms with E-state index in [1.54, 1.807) is 43.4 Å². The first-order valence-electron chi connectivity index (χ1n) is 9.84. The molecular formula is C23H27N3O4.